The molecule has 68 valence electrons. The summed E-state index contributed by atoms with van der Waals surface area (Å²) in [6.07, 6.45) is 2.54. The lowest BCUT2D eigenvalue weighted by atomic mass is 9.86. The predicted octanol–water partition coefficient (Wildman–Crippen LogP) is 2.62. The largest absolute Gasteiger partial charge is 0.375 e. The van der Waals surface area contributed by atoms with Crippen LogP contribution in [-0.4, -0.2) is 16.5 Å². The van der Waals surface area contributed by atoms with Gasteiger partial charge in [-0.05, 0) is 19.8 Å². The average molecular weight is 232 g/mol. The zero-order valence-electron chi connectivity index (χ0n) is 7.56. The molecule has 2 nitrogen and oxygen atoms in total. The van der Waals surface area contributed by atoms with E-state index in [1.165, 1.54) is 0 Å². The van der Waals surface area contributed by atoms with Crippen LogP contribution in [0.4, 0.5) is 0 Å². The number of hydrogen-bond donors (Lipinski definition) is 0. The number of ether oxygens (including phenoxy) is 1. The van der Waals surface area contributed by atoms with Crippen molar-refractivity contribution in [2.75, 3.05) is 6.61 Å². The quantitative estimate of drug-likeness (QED) is 0.651. The van der Waals surface area contributed by atoms with Crippen molar-refractivity contribution in [3.05, 3.63) is 0 Å². The van der Waals surface area contributed by atoms with E-state index in [4.69, 9.17) is 10.00 Å². The third-order valence-corrected chi connectivity index (χ3v) is 3.41. The van der Waals surface area contributed by atoms with Crippen molar-refractivity contribution in [3.63, 3.8) is 0 Å². The number of halogens is 1. The molecule has 0 aromatic rings. The Labute approximate surface area is 82.0 Å². The summed E-state index contributed by atoms with van der Waals surface area (Å²) in [5.74, 6) is 0. The van der Waals surface area contributed by atoms with Gasteiger partial charge >= 0.3 is 0 Å². The minimum Gasteiger partial charge on any atom is -0.375 e. The Balaban J connectivity index is 2.70. The maximum absolute atomic E-state index is 8.93. The summed E-state index contributed by atoms with van der Waals surface area (Å²) in [4.78, 5) is 0. The van der Waals surface area contributed by atoms with Gasteiger partial charge in [-0.2, -0.15) is 5.26 Å². The predicted molar refractivity (Wildman–Crippen MR) is 51.2 cm³/mol. The van der Waals surface area contributed by atoms with Gasteiger partial charge < -0.3 is 4.74 Å². The molecule has 0 amide bonds. The Kier molecular flexibility index (Phi) is 2.80. The lowest BCUT2D eigenvalue weighted by Gasteiger charge is -2.39. The Hall–Kier alpha value is -0.0700. The zero-order valence-corrected chi connectivity index (χ0v) is 9.15. The highest BCUT2D eigenvalue weighted by Gasteiger charge is 2.40. The van der Waals surface area contributed by atoms with Crippen LogP contribution < -0.4 is 0 Å². The molecule has 0 bridgehead atoms. The van der Waals surface area contributed by atoms with Gasteiger partial charge in [0.25, 0.3) is 0 Å². The molecule has 0 N–H and O–H groups in total. The van der Waals surface area contributed by atoms with Crippen LogP contribution in [0.15, 0.2) is 0 Å². The number of nitriles is 1. The molecular formula is C9H14BrNO. The molecule has 0 saturated carbocycles. The first-order valence-corrected chi connectivity index (χ1v) is 5.07. The van der Waals surface area contributed by atoms with Crippen LogP contribution in [-0.2, 0) is 4.74 Å². The zero-order chi connectivity index (χ0) is 9.24. The highest BCUT2D eigenvalue weighted by Crippen LogP contribution is 2.39. The lowest BCUT2D eigenvalue weighted by Crippen LogP contribution is -2.42. The summed E-state index contributed by atoms with van der Waals surface area (Å²) in [6, 6.07) is 2.31. The fourth-order valence-electron chi connectivity index (χ4n) is 1.51. The van der Waals surface area contributed by atoms with Gasteiger partial charge in [0.15, 0.2) is 0 Å². The standard InChI is InChI=1S/C9H14BrNO/c1-3-8(2)6-9(10,7-11)4-5-12-8/h3-6H2,1-2H3. The molecule has 0 aromatic heterocycles. The summed E-state index contributed by atoms with van der Waals surface area (Å²) >= 11 is 3.47. The molecule has 3 heteroatoms. The van der Waals surface area contributed by atoms with E-state index in [0.29, 0.717) is 6.61 Å². The third-order valence-electron chi connectivity index (χ3n) is 2.55. The van der Waals surface area contributed by atoms with E-state index in [1.54, 1.807) is 0 Å². The van der Waals surface area contributed by atoms with Crippen molar-refractivity contribution in [3.8, 4) is 6.07 Å². The van der Waals surface area contributed by atoms with E-state index in [2.05, 4.69) is 35.8 Å². The van der Waals surface area contributed by atoms with Crippen LogP contribution in [0.5, 0.6) is 0 Å². The second-order valence-electron chi connectivity index (χ2n) is 3.66. The highest BCUT2D eigenvalue weighted by atomic mass is 79.9. The van der Waals surface area contributed by atoms with Gasteiger partial charge in [-0.3, -0.25) is 0 Å². The monoisotopic (exact) mass is 231 g/mol. The van der Waals surface area contributed by atoms with Crippen molar-refractivity contribution in [2.45, 2.75) is 43.0 Å². The van der Waals surface area contributed by atoms with Crippen LogP contribution in [0.2, 0.25) is 0 Å². The number of hydrogen-bond acceptors (Lipinski definition) is 2. The first kappa shape index (κ1) is 10.0. The van der Waals surface area contributed by atoms with E-state index in [-0.39, 0.29) is 9.93 Å². The molecule has 1 aliphatic rings. The van der Waals surface area contributed by atoms with Crippen LogP contribution in [0.25, 0.3) is 0 Å². The van der Waals surface area contributed by atoms with Gasteiger partial charge in [-0.1, -0.05) is 22.9 Å². The third kappa shape index (κ3) is 1.99. The molecule has 1 aliphatic heterocycles. The van der Waals surface area contributed by atoms with Gasteiger partial charge in [0, 0.05) is 13.0 Å². The van der Waals surface area contributed by atoms with Crippen LogP contribution in [0.1, 0.15) is 33.1 Å². The van der Waals surface area contributed by atoms with Gasteiger partial charge in [0.2, 0.25) is 0 Å². The van der Waals surface area contributed by atoms with E-state index < -0.39 is 0 Å². The smallest absolute Gasteiger partial charge is 0.117 e. The molecule has 1 saturated heterocycles. The Morgan fingerprint density at radius 1 is 1.67 bits per heavy atom. The van der Waals surface area contributed by atoms with Gasteiger partial charge in [-0.25, -0.2) is 0 Å². The topological polar surface area (TPSA) is 33.0 Å². The maximum atomic E-state index is 8.93. The molecule has 0 radical (unpaired) electrons. The fourth-order valence-corrected chi connectivity index (χ4v) is 2.27. The lowest BCUT2D eigenvalue weighted by molar-refractivity contribution is -0.0715. The highest BCUT2D eigenvalue weighted by molar-refractivity contribution is 9.10. The first-order chi connectivity index (χ1) is 5.54. The van der Waals surface area contributed by atoms with Gasteiger partial charge in [0.05, 0.1) is 11.7 Å². The van der Waals surface area contributed by atoms with E-state index >= 15 is 0 Å². The molecular weight excluding hydrogens is 218 g/mol. The van der Waals surface area contributed by atoms with Crippen LogP contribution in [0, 0.1) is 11.3 Å². The molecule has 1 rings (SSSR count). The second kappa shape index (κ2) is 3.35. The number of alkyl halides is 1. The van der Waals surface area contributed by atoms with E-state index in [9.17, 15) is 0 Å². The number of nitrogens with zero attached hydrogens (tertiary/aromatic N) is 1. The van der Waals surface area contributed by atoms with Crippen LogP contribution >= 0.6 is 15.9 Å². The minimum absolute atomic E-state index is 0.114. The van der Waals surface area contributed by atoms with Crippen molar-refractivity contribution in [1.29, 1.82) is 5.26 Å². The molecule has 1 heterocycles. The molecule has 0 aliphatic carbocycles. The van der Waals surface area contributed by atoms with E-state index in [1.807, 2.05) is 0 Å². The molecule has 2 atom stereocenters. The molecule has 0 spiro atoms. The summed E-state index contributed by atoms with van der Waals surface area (Å²) in [6.45, 7) is 4.85. The first-order valence-electron chi connectivity index (χ1n) is 4.28. The normalized spacial score (nSPS) is 42.2. The molecule has 1 fully saturated rings. The van der Waals surface area contributed by atoms with E-state index in [0.717, 1.165) is 19.3 Å². The Bertz CT molecular complexity index is 213. The fraction of sp³-hybridized carbons (Fsp3) is 0.889. The SMILES string of the molecule is CCC1(C)CC(Br)(C#N)CCO1. The molecule has 0 aromatic carbocycles. The van der Waals surface area contributed by atoms with Crippen molar-refractivity contribution >= 4 is 15.9 Å². The molecule has 2 unspecified atom stereocenters. The number of rotatable bonds is 1. The van der Waals surface area contributed by atoms with Gasteiger partial charge in [0.1, 0.15) is 4.32 Å². The van der Waals surface area contributed by atoms with Crippen LogP contribution in [0.3, 0.4) is 0 Å². The molecule has 12 heavy (non-hydrogen) atoms. The summed E-state index contributed by atoms with van der Waals surface area (Å²) < 4.78 is 5.28. The Morgan fingerprint density at radius 2 is 2.33 bits per heavy atom. The summed E-state index contributed by atoms with van der Waals surface area (Å²) in [7, 11) is 0. The summed E-state index contributed by atoms with van der Waals surface area (Å²) in [5.41, 5.74) is -0.114. The maximum Gasteiger partial charge on any atom is 0.117 e. The average Bonchev–Trinajstić information content (AvgIpc) is 2.05. The van der Waals surface area contributed by atoms with Crippen molar-refractivity contribution < 1.29 is 4.74 Å². The van der Waals surface area contributed by atoms with Crippen molar-refractivity contribution in [1.82, 2.24) is 0 Å². The minimum atomic E-state index is -0.351. The Morgan fingerprint density at radius 3 is 2.83 bits per heavy atom. The van der Waals surface area contributed by atoms with Gasteiger partial charge in [-0.15, -0.1) is 0 Å². The summed E-state index contributed by atoms with van der Waals surface area (Å²) in [5, 5.41) is 8.93. The van der Waals surface area contributed by atoms with Crippen molar-refractivity contribution in [2.24, 2.45) is 0 Å². The second-order valence-corrected chi connectivity index (χ2v) is 5.17.